The molecule has 4 aliphatic rings. The molecule has 8 aromatic rings. The van der Waals surface area contributed by atoms with Crippen LogP contribution in [0.1, 0.15) is 149 Å². The molecule has 2 heterocycles. The van der Waals surface area contributed by atoms with E-state index in [1.807, 2.05) is 0 Å². The van der Waals surface area contributed by atoms with Gasteiger partial charge in [0.2, 0.25) is 0 Å². The molecule has 0 spiro atoms. The lowest BCUT2D eigenvalue weighted by molar-refractivity contribution is 0.402. The molecule has 4 heteroatoms. The van der Waals surface area contributed by atoms with Crippen LogP contribution in [0.5, 0.6) is 0 Å². The van der Waals surface area contributed by atoms with Crippen molar-refractivity contribution in [3.05, 3.63) is 197 Å². The molecule has 0 amide bonds. The molecular formula is C71H76BN3. The highest BCUT2D eigenvalue weighted by Gasteiger charge is 2.49. The summed E-state index contributed by atoms with van der Waals surface area (Å²) in [6.07, 6.45) is 2.21. The van der Waals surface area contributed by atoms with Gasteiger partial charge in [-0.2, -0.15) is 0 Å². The standard InChI is InChI=1S/C71H76BN3/c1-44-35-52-55(71(14,15)42-68(52,8)9)40-61(44)75-60-34-32-49(74(47-27-21-17-22-28-47)48-29-23-18-24-30-48)37-58(60)72-57-38-53-54(70(12,13)43-69(53,10)11)39-59(57)73-65-63(56(67(5,6)7)41-62(75)64(65)72)50-33-31-46(66(2,3)4)36-51(50)45-25-19-16-20-26-45/h16-41,73H,42-43H2,1-15H3. The van der Waals surface area contributed by atoms with E-state index in [-0.39, 0.29) is 39.2 Å². The van der Waals surface area contributed by atoms with Crippen molar-refractivity contribution in [1.82, 2.24) is 0 Å². The van der Waals surface area contributed by atoms with E-state index in [4.69, 9.17) is 0 Å². The number of anilines is 8. The summed E-state index contributed by atoms with van der Waals surface area (Å²) in [5.41, 5.74) is 28.4. The fraction of sp³-hybridized carbons (Fsp3) is 0.324. The molecule has 2 aliphatic heterocycles. The van der Waals surface area contributed by atoms with E-state index in [9.17, 15) is 0 Å². The Labute approximate surface area is 449 Å². The quantitative estimate of drug-likeness (QED) is 0.168. The first-order chi connectivity index (χ1) is 35.3. The Morgan fingerprint density at radius 2 is 1.03 bits per heavy atom. The first-order valence-corrected chi connectivity index (χ1v) is 27.7. The number of nitrogens with zero attached hydrogens (tertiary/aromatic N) is 2. The molecule has 0 saturated carbocycles. The van der Waals surface area contributed by atoms with Gasteiger partial charge >= 0.3 is 0 Å². The average molecular weight is 982 g/mol. The molecule has 0 atom stereocenters. The van der Waals surface area contributed by atoms with E-state index in [1.165, 1.54) is 106 Å². The summed E-state index contributed by atoms with van der Waals surface area (Å²) in [5, 5.41) is 4.41. The molecule has 0 saturated heterocycles. The molecule has 0 aromatic heterocycles. The Hall–Kier alpha value is -6.78. The molecule has 378 valence electrons. The number of hydrogen-bond donors (Lipinski definition) is 1. The minimum Gasteiger partial charge on any atom is -0.356 e. The van der Waals surface area contributed by atoms with Crippen molar-refractivity contribution in [2.45, 2.75) is 149 Å². The normalized spacial score (nSPS) is 17.1. The molecule has 2 aliphatic carbocycles. The van der Waals surface area contributed by atoms with Crippen LogP contribution in [0, 0.1) is 6.92 Å². The lowest BCUT2D eigenvalue weighted by Crippen LogP contribution is -2.61. The molecule has 8 aromatic carbocycles. The van der Waals surface area contributed by atoms with Crippen molar-refractivity contribution in [1.29, 1.82) is 0 Å². The molecular weight excluding hydrogens is 906 g/mol. The smallest absolute Gasteiger partial charge is 0.252 e. The molecule has 0 radical (unpaired) electrons. The summed E-state index contributed by atoms with van der Waals surface area (Å²) in [6, 6.07) is 60.7. The highest BCUT2D eigenvalue weighted by Crippen LogP contribution is 2.56. The molecule has 75 heavy (non-hydrogen) atoms. The van der Waals surface area contributed by atoms with Gasteiger partial charge in [0.05, 0.1) is 0 Å². The van der Waals surface area contributed by atoms with Crippen molar-refractivity contribution >= 4 is 68.6 Å². The zero-order valence-corrected chi connectivity index (χ0v) is 47.4. The van der Waals surface area contributed by atoms with Crippen molar-refractivity contribution in [2.75, 3.05) is 15.1 Å². The highest BCUT2D eigenvalue weighted by atomic mass is 15.2. The Morgan fingerprint density at radius 1 is 0.480 bits per heavy atom. The largest absolute Gasteiger partial charge is 0.356 e. The summed E-state index contributed by atoms with van der Waals surface area (Å²) >= 11 is 0. The number of rotatable bonds is 6. The van der Waals surface area contributed by atoms with Crippen molar-refractivity contribution in [3.63, 3.8) is 0 Å². The fourth-order valence-corrected chi connectivity index (χ4v) is 14.7. The van der Waals surface area contributed by atoms with E-state index in [2.05, 4.69) is 277 Å². The van der Waals surface area contributed by atoms with Gasteiger partial charge < -0.3 is 15.1 Å². The summed E-state index contributed by atoms with van der Waals surface area (Å²) in [7, 11) is 0. The third kappa shape index (κ3) is 7.82. The third-order valence-corrected chi connectivity index (χ3v) is 17.8. The van der Waals surface area contributed by atoms with Crippen LogP contribution in [0.3, 0.4) is 0 Å². The van der Waals surface area contributed by atoms with E-state index < -0.39 is 0 Å². The van der Waals surface area contributed by atoms with Crippen molar-refractivity contribution in [2.24, 2.45) is 0 Å². The van der Waals surface area contributed by atoms with Crippen LogP contribution in [0.4, 0.5) is 45.5 Å². The number of para-hydroxylation sites is 2. The maximum Gasteiger partial charge on any atom is 0.252 e. The third-order valence-electron chi connectivity index (χ3n) is 17.8. The number of aryl methyl sites for hydroxylation is 1. The van der Waals surface area contributed by atoms with E-state index in [1.54, 1.807) is 0 Å². The van der Waals surface area contributed by atoms with Gasteiger partial charge in [0, 0.05) is 51.1 Å². The molecule has 0 unspecified atom stereocenters. The van der Waals surface area contributed by atoms with E-state index >= 15 is 0 Å². The monoisotopic (exact) mass is 982 g/mol. The second-order valence-electron chi connectivity index (χ2n) is 27.4. The Bertz CT molecular complexity index is 3560. The van der Waals surface area contributed by atoms with Gasteiger partial charge in [-0.25, -0.2) is 0 Å². The Balaban J connectivity index is 1.24. The summed E-state index contributed by atoms with van der Waals surface area (Å²) in [5.74, 6) is 0. The van der Waals surface area contributed by atoms with Crippen molar-refractivity contribution < 1.29 is 0 Å². The van der Waals surface area contributed by atoms with Gasteiger partial charge in [-0.15, -0.1) is 0 Å². The summed E-state index contributed by atoms with van der Waals surface area (Å²) in [4.78, 5) is 5.13. The predicted molar refractivity (Wildman–Crippen MR) is 325 cm³/mol. The predicted octanol–water partition coefficient (Wildman–Crippen LogP) is 17.7. The van der Waals surface area contributed by atoms with E-state index in [0.717, 1.165) is 29.9 Å². The minimum absolute atomic E-state index is 0.0164. The van der Waals surface area contributed by atoms with Gasteiger partial charge in [-0.05, 0) is 191 Å². The molecule has 3 nitrogen and oxygen atoms in total. The Kier molecular flexibility index (Phi) is 10.9. The zero-order valence-electron chi connectivity index (χ0n) is 47.4. The van der Waals surface area contributed by atoms with Crippen molar-refractivity contribution in [3.8, 4) is 22.3 Å². The maximum atomic E-state index is 4.41. The highest BCUT2D eigenvalue weighted by molar-refractivity contribution is 7.00. The number of fused-ring (bicyclic) bond motifs is 6. The minimum atomic E-state index is -0.237. The van der Waals surface area contributed by atoms with Crippen LogP contribution in [0.25, 0.3) is 22.3 Å². The molecule has 1 N–H and O–H groups in total. The van der Waals surface area contributed by atoms with Gasteiger partial charge in [-0.3, -0.25) is 0 Å². The number of benzene rings is 8. The lowest BCUT2D eigenvalue weighted by Gasteiger charge is -2.44. The second kappa shape index (κ2) is 16.6. The zero-order chi connectivity index (χ0) is 52.9. The van der Waals surface area contributed by atoms with Crippen LogP contribution in [0.2, 0.25) is 0 Å². The van der Waals surface area contributed by atoms with Crippen LogP contribution in [-0.4, -0.2) is 6.71 Å². The van der Waals surface area contributed by atoms with Crippen LogP contribution < -0.4 is 31.5 Å². The average Bonchev–Trinajstić information content (AvgIpc) is 3.67. The van der Waals surface area contributed by atoms with E-state index in [0.29, 0.717) is 0 Å². The summed E-state index contributed by atoms with van der Waals surface area (Å²) in [6.45, 7) is 36.2. The Morgan fingerprint density at radius 3 is 1.60 bits per heavy atom. The maximum absolute atomic E-state index is 4.41. The number of nitrogens with one attached hydrogen (secondary N) is 1. The van der Waals surface area contributed by atoms with Crippen LogP contribution in [-0.2, 0) is 32.5 Å². The second-order valence-corrected chi connectivity index (χ2v) is 27.4. The van der Waals surface area contributed by atoms with Gasteiger partial charge in [0.15, 0.2) is 0 Å². The van der Waals surface area contributed by atoms with Crippen LogP contribution in [0.15, 0.2) is 158 Å². The van der Waals surface area contributed by atoms with Gasteiger partial charge in [0.25, 0.3) is 6.71 Å². The molecule has 0 bridgehead atoms. The lowest BCUT2D eigenvalue weighted by atomic mass is 9.33. The first kappa shape index (κ1) is 49.1. The topological polar surface area (TPSA) is 18.5 Å². The molecule has 0 fully saturated rings. The fourth-order valence-electron chi connectivity index (χ4n) is 14.7. The molecule has 12 rings (SSSR count). The number of hydrogen-bond acceptors (Lipinski definition) is 3. The van der Waals surface area contributed by atoms with Gasteiger partial charge in [-0.1, -0.05) is 188 Å². The summed E-state index contributed by atoms with van der Waals surface area (Å²) < 4.78 is 0. The first-order valence-electron chi connectivity index (χ1n) is 27.7. The SMILES string of the molecule is Cc1cc2c(cc1N1c3ccc(N(c4ccccc4)c4ccccc4)cc3B3c4cc5c(cc4Nc4c3c1cc(C(C)(C)C)c4-c1ccc(C(C)(C)C)cc1-c1ccccc1)C(C)(C)CC5(C)C)C(C)(C)CC2(C)C. The van der Waals surface area contributed by atoms with Crippen LogP contribution >= 0.6 is 0 Å². The van der Waals surface area contributed by atoms with Gasteiger partial charge in [0.1, 0.15) is 0 Å².